The van der Waals surface area contributed by atoms with E-state index in [0.717, 1.165) is 65.8 Å². The topological polar surface area (TPSA) is 103 Å². The molecule has 7 aromatic rings. The Bertz CT molecular complexity index is 2950. The Morgan fingerprint density at radius 2 is 1.49 bits per heavy atom. The number of hydrogen-bond donors (Lipinski definition) is 1. The first-order chi connectivity index (χ1) is 31.1. The number of halogens is 1. The first-order valence-electron chi connectivity index (χ1n) is 22.2. The van der Waals surface area contributed by atoms with Crippen LogP contribution in [0.5, 0.6) is 5.75 Å². The summed E-state index contributed by atoms with van der Waals surface area (Å²) in [6.45, 7) is 16.2. The van der Waals surface area contributed by atoms with E-state index in [4.69, 9.17) is 4.43 Å². The smallest absolute Gasteiger partial charge is 0.415 e. The summed E-state index contributed by atoms with van der Waals surface area (Å²) >= 11 is 3.72. The molecular formula is C52H55BrN6O5Si. The normalized spacial score (nSPS) is 16.2. The molecule has 2 aromatic heterocycles. The van der Waals surface area contributed by atoms with Gasteiger partial charge in [0.25, 0.3) is 11.8 Å². The van der Waals surface area contributed by atoms with Gasteiger partial charge in [-0.25, -0.2) is 4.79 Å². The van der Waals surface area contributed by atoms with Crippen LogP contribution in [0, 0.1) is 0 Å². The summed E-state index contributed by atoms with van der Waals surface area (Å²) in [5.41, 5.74) is 6.54. The number of carbonyl (C=O) groups is 3. The Morgan fingerprint density at radius 1 is 0.800 bits per heavy atom. The van der Waals surface area contributed by atoms with Crippen LogP contribution in [0.25, 0.3) is 27.5 Å². The van der Waals surface area contributed by atoms with Gasteiger partial charge in [0, 0.05) is 84.3 Å². The fourth-order valence-corrected chi connectivity index (χ4v) is 10.3. The van der Waals surface area contributed by atoms with E-state index in [1.54, 1.807) is 23.1 Å². The van der Waals surface area contributed by atoms with Crippen molar-refractivity contribution in [3.63, 3.8) is 0 Å². The largest absolute Gasteiger partial charge is 0.544 e. The van der Waals surface area contributed by atoms with Crippen molar-refractivity contribution in [1.82, 2.24) is 23.8 Å². The Morgan fingerprint density at radius 3 is 2.22 bits per heavy atom. The van der Waals surface area contributed by atoms with Crippen LogP contribution in [-0.4, -0.2) is 101 Å². The van der Waals surface area contributed by atoms with Crippen molar-refractivity contribution >= 4 is 75.3 Å². The molecule has 0 spiro atoms. The highest BCUT2D eigenvalue weighted by atomic mass is 79.9. The summed E-state index contributed by atoms with van der Waals surface area (Å²) in [5, 5.41) is 11.2. The van der Waals surface area contributed by atoms with Gasteiger partial charge >= 0.3 is 6.09 Å². The Hall–Kier alpha value is -5.99. The number of hydrogen-bond acceptors (Lipinski definition) is 6. The third-order valence-corrected chi connectivity index (χ3v) is 18.5. The van der Waals surface area contributed by atoms with Crippen LogP contribution in [0.15, 0.2) is 132 Å². The van der Waals surface area contributed by atoms with Crippen molar-refractivity contribution in [2.45, 2.75) is 57.9 Å². The maximum atomic E-state index is 15.5. The van der Waals surface area contributed by atoms with Crippen molar-refractivity contribution in [3.8, 4) is 11.4 Å². The molecule has 13 heteroatoms. The lowest BCUT2D eigenvalue weighted by atomic mass is 9.92. The van der Waals surface area contributed by atoms with E-state index in [1.807, 2.05) is 89.6 Å². The Kier molecular flexibility index (Phi) is 11.9. The lowest BCUT2D eigenvalue weighted by molar-refractivity contribution is 0.0535. The molecule has 5 aromatic carbocycles. The molecule has 1 N–H and O–H groups in total. The van der Waals surface area contributed by atoms with Crippen molar-refractivity contribution in [1.29, 1.82) is 0 Å². The summed E-state index contributed by atoms with van der Waals surface area (Å²) in [6.07, 6.45) is 3.04. The minimum atomic E-state index is -2.15. The molecule has 2 aliphatic rings. The summed E-state index contributed by atoms with van der Waals surface area (Å²) < 4.78 is 10.6. The third-order valence-electron chi connectivity index (χ3n) is 13.7. The fraction of sp³-hybridized carbons (Fsp3) is 0.288. The number of carbonyl (C=O) groups excluding carboxylic acids is 2. The zero-order valence-corrected chi connectivity index (χ0v) is 40.4. The maximum Gasteiger partial charge on any atom is 0.415 e. The summed E-state index contributed by atoms with van der Waals surface area (Å²) in [5.74, 6) is 0.376. The van der Waals surface area contributed by atoms with E-state index in [2.05, 4.69) is 89.7 Å². The summed E-state index contributed by atoms with van der Waals surface area (Å²) in [6, 6.07) is 36.7. The van der Waals surface area contributed by atoms with Gasteiger partial charge in [-0.05, 0) is 116 Å². The zero-order chi connectivity index (χ0) is 45.8. The molecule has 65 heavy (non-hydrogen) atoms. The molecule has 2 aliphatic heterocycles. The van der Waals surface area contributed by atoms with Crippen LogP contribution >= 0.6 is 15.9 Å². The lowest BCUT2D eigenvalue weighted by Gasteiger charge is -2.41. The molecule has 1 fully saturated rings. The van der Waals surface area contributed by atoms with Gasteiger partial charge in [0.2, 0.25) is 8.32 Å². The number of aromatic nitrogens is 2. The fourth-order valence-electron chi connectivity index (χ4n) is 8.96. The molecule has 2 amide bonds. The molecule has 0 aliphatic carbocycles. The molecule has 1 atom stereocenters. The summed E-state index contributed by atoms with van der Waals surface area (Å²) in [4.78, 5) is 51.3. The van der Waals surface area contributed by atoms with Gasteiger partial charge in [-0.1, -0.05) is 79.2 Å². The van der Waals surface area contributed by atoms with Crippen molar-refractivity contribution in [2.24, 2.45) is 0 Å². The van der Waals surface area contributed by atoms with E-state index in [1.165, 1.54) is 16.3 Å². The number of carboxylic acid groups (broad SMARTS) is 1. The minimum absolute atomic E-state index is 0.00596. The highest BCUT2D eigenvalue weighted by Crippen LogP contribution is 2.40. The molecule has 0 bridgehead atoms. The molecule has 4 heterocycles. The van der Waals surface area contributed by atoms with Crippen LogP contribution in [0.2, 0.25) is 18.1 Å². The second kappa shape index (κ2) is 17.4. The Labute approximate surface area is 389 Å². The Balaban J connectivity index is 1.13. The number of rotatable bonds is 9. The number of fused-ring (bicyclic) bond motifs is 3. The maximum absolute atomic E-state index is 15.5. The van der Waals surface area contributed by atoms with Crippen LogP contribution < -0.4 is 9.33 Å². The van der Waals surface area contributed by atoms with E-state index < -0.39 is 14.4 Å². The molecule has 11 nitrogen and oxygen atoms in total. The van der Waals surface area contributed by atoms with Crippen molar-refractivity contribution in [3.05, 3.63) is 154 Å². The number of amides is 2. The highest BCUT2D eigenvalue weighted by molar-refractivity contribution is 9.10. The zero-order valence-electron chi connectivity index (χ0n) is 37.8. The standard InChI is InChI=1S/C52H55BrN6O5Si/c1-52(2,3)65(5,6)64-42-19-16-39(17-20-42)59(40-18-22-46-36(30-40)23-24-56(46)51(62)63)50(61)45-34-58(47-14-10-9-13-43(45)47)48-31-38(53)15-21-44(48)49(60)57-32-37-12-8-7-11-35(37)29-41(57)33-55-27-25-54(4)26-28-55/h7-24,30-31,34,41H,25-29,32-33H2,1-6H3,(H,62,63)/t41-/m0/s1. The van der Waals surface area contributed by atoms with Crippen molar-refractivity contribution in [2.75, 3.05) is 44.7 Å². The molecule has 1 saturated heterocycles. The number of para-hydroxylation sites is 1. The second-order valence-electron chi connectivity index (χ2n) is 19.0. The van der Waals surface area contributed by atoms with Crippen LogP contribution in [-0.2, 0) is 13.0 Å². The van der Waals surface area contributed by atoms with Gasteiger partial charge in [-0.3, -0.25) is 24.0 Å². The lowest BCUT2D eigenvalue weighted by Crippen LogP contribution is -2.53. The molecule has 9 rings (SSSR count). The number of anilines is 2. The minimum Gasteiger partial charge on any atom is -0.544 e. The van der Waals surface area contributed by atoms with Crippen LogP contribution in [0.3, 0.4) is 0 Å². The van der Waals surface area contributed by atoms with Crippen LogP contribution in [0.1, 0.15) is 52.6 Å². The van der Waals surface area contributed by atoms with Gasteiger partial charge in [-0.2, -0.15) is 0 Å². The van der Waals surface area contributed by atoms with Crippen molar-refractivity contribution < 1.29 is 23.9 Å². The van der Waals surface area contributed by atoms with Gasteiger partial charge < -0.3 is 23.9 Å². The SMILES string of the molecule is CN1CCN(C[C@@H]2Cc3ccccc3CN2C(=O)c2ccc(Br)cc2-n2cc(C(=O)N(c3ccc(O[Si](C)(C)C(C)(C)C)cc3)c3ccc4c(ccn4C(=O)O)c3)c3ccccc32)CC1. The predicted octanol–water partition coefficient (Wildman–Crippen LogP) is 11.1. The second-order valence-corrected chi connectivity index (χ2v) is 24.6. The van der Waals surface area contributed by atoms with Gasteiger partial charge in [0.15, 0.2) is 0 Å². The first-order valence-corrected chi connectivity index (χ1v) is 25.9. The summed E-state index contributed by atoms with van der Waals surface area (Å²) in [7, 11) is 0.00308. The van der Waals surface area contributed by atoms with E-state index in [9.17, 15) is 9.90 Å². The van der Waals surface area contributed by atoms with E-state index in [0.29, 0.717) is 45.6 Å². The third kappa shape index (κ3) is 8.65. The number of piperazine rings is 1. The van der Waals surface area contributed by atoms with Gasteiger partial charge in [-0.15, -0.1) is 0 Å². The van der Waals surface area contributed by atoms with E-state index in [-0.39, 0.29) is 22.9 Å². The molecule has 0 radical (unpaired) electrons. The van der Waals surface area contributed by atoms with Crippen LogP contribution in [0.4, 0.5) is 16.2 Å². The number of likely N-dealkylation sites (N-methyl/N-ethyl adjacent to an activating group) is 1. The molecular weight excluding hydrogens is 897 g/mol. The predicted molar refractivity (Wildman–Crippen MR) is 265 cm³/mol. The highest BCUT2D eigenvalue weighted by Gasteiger charge is 2.39. The quantitative estimate of drug-likeness (QED) is 0.144. The number of benzene rings is 5. The van der Waals surface area contributed by atoms with Gasteiger partial charge in [0.05, 0.1) is 27.8 Å². The average Bonchev–Trinajstić information content (AvgIpc) is 3.89. The van der Waals surface area contributed by atoms with Gasteiger partial charge in [0.1, 0.15) is 5.75 Å². The molecule has 0 saturated carbocycles. The first kappa shape index (κ1) is 44.2. The van der Waals surface area contributed by atoms with E-state index >= 15 is 9.59 Å². The average molecular weight is 952 g/mol. The molecule has 334 valence electrons. The number of nitrogens with zero attached hydrogens (tertiary/aromatic N) is 6. The molecule has 0 unspecified atom stereocenters. The monoisotopic (exact) mass is 950 g/mol.